The highest BCUT2D eigenvalue weighted by molar-refractivity contribution is 7.80. The van der Waals surface area contributed by atoms with Crippen LogP contribution in [0.1, 0.15) is 12.1 Å². The van der Waals surface area contributed by atoms with Crippen molar-refractivity contribution < 1.29 is 0 Å². The third-order valence-corrected chi connectivity index (χ3v) is 4.05. The number of aromatic nitrogens is 2. The average Bonchev–Trinajstić information content (AvgIpc) is 2.74. The number of nitrogens with one attached hydrogen (secondary N) is 2. The number of aryl methyl sites for hydroxylation is 1. The topological polar surface area (TPSA) is 41.9 Å². The van der Waals surface area contributed by atoms with E-state index in [1.165, 1.54) is 0 Å². The van der Waals surface area contributed by atoms with Crippen molar-refractivity contribution in [2.24, 2.45) is 0 Å². The second-order valence-corrected chi connectivity index (χ2v) is 6.38. The van der Waals surface area contributed by atoms with Crippen LogP contribution < -0.4 is 10.6 Å². The van der Waals surface area contributed by atoms with Crippen LogP contribution in [-0.4, -0.2) is 21.4 Å². The van der Waals surface area contributed by atoms with E-state index in [1.54, 1.807) is 24.4 Å². The van der Waals surface area contributed by atoms with Crippen LogP contribution >= 0.6 is 47.0 Å². The summed E-state index contributed by atoms with van der Waals surface area (Å²) >= 11 is 23.1. The normalized spacial score (nSPS) is 10.5. The van der Waals surface area contributed by atoms with Crippen LogP contribution in [0.4, 0.5) is 5.69 Å². The van der Waals surface area contributed by atoms with Gasteiger partial charge in [0.1, 0.15) is 0 Å². The Morgan fingerprint density at radius 3 is 2.50 bits per heavy atom. The fourth-order valence-corrected chi connectivity index (χ4v) is 2.77. The number of anilines is 1. The summed E-state index contributed by atoms with van der Waals surface area (Å²) in [5, 5.41) is 12.7. The minimum absolute atomic E-state index is 0.522. The third kappa shape index (κ3) is 5.02. The maximum atomic E-state index is 5.96. The highest BCUT2D eigenvalue weighted by Gasteiger charge is 2.04. The molecule has 2 rings (SSSR count). The SMILES string of the molecule is Cc1c(Cl)cnn1CCCNC(=S)Nc1cc(Cl)cc(Cl)c1. The Morgan fingerprint density at radius 1 is 1.23 bits per heavy atom. The van der Waals surface area contributed by atoms with Gasteiger partial charge in [-0.05, 0) is 43.8 Å². The van der Waals surface area contributed by atoms with E-state index in [9.17, 15) is 0 Å². The molecule has 0 atom stereocenters. The van der Waals surface area contributed by atoms with Gasteiger partial charge >= 0.3 is 0 Å². The van der Waals surface area contributed by atoms with Gasteiger partial charge in [-0.2, -0.15) is 5.10 Å². The first-order valence-electron chi connectivity index (χ1n) is 6.64. The highest BCUT2D eigenvalue weighted by atomic mass is 35.5. The zero-order valence-electron chi connectivity index (χ0n) is 11.9. The Balaban J connectivity index is 1.75. The first-order valence-corrected chi connectivity index (χ1v) is 8.19. The van der Waals surface area contributed by atoms with Crippen LogP contribution in [0.25, 0.3) is 0 Å². The number of hydrogen-bond donors (Lipinski definition) is 2. The van der Waals surface area contributed by atoms with Gasteiger partial charge in [0.2, 0.25) is 0 Å². The summed E-state index contributed by atoms with van der Waals surface area (Å²) in [7, 11) is 0. The van der Waals surface area contributed by atoms with E-state index in [1.807, 2.05) is 11.6 Å². The molecule has 0 unspecified atom stereocenters. The largest absolute Gasteiger partial charge is 0.362 e. The van der Waals surface area contributed by atoms with Crippen LogP contribution in [0.2, 0.25) is 15.1 Å². The van der Waals surface area contributed by atoms with Crippen molar-refractivity contribution >= 4 is 57.8 Å². The van der Waals surface area contributed by atoms with Crippen LogP contribution in [-0.2, 0) is 6.54 Å². The van der Waals surface area contributed by atoms with Crippen LogP contribution in [0.3, 0.4) is 0 Å². The Hall–Kier alpha value is -1.01. The zero-order chi connectivity index (χ0) is 16.1. The summed E-state index contributed by atoms with van der Waals surface area (Å²) in [6.45, 7) is 3.44. The van der Waals surface area contributed by atoms with Crippen molar-refractivity contribution in [1.82, 2.24) is 15.1 Å². The van der Waals surface area contributed by atoms with Gasteiger partial charge in [0.15, 0.2) is 5.11 Å². The fourth-order valence-electron chi connectivity index (χ4n) is 1.88. The van der Waals surface area contributed by atoms with Gasteiger partial charge in [-0.15, -0.1) is 0 Å². The highest BCUT2D eigenvalue weighted by Crippen LogP contribution is 2.22. The predicted molar refractivity (Wildman–Crippen MR) is 97.3 cm³/mol. The molecule has 0 saturated heterocycles. The van der Waals surface area contributed by atoms with Crippen molar-refractivity contribution in [3.8, 4) is 0 Å². The lowest BCUT2D eigenvalue weighted by Crippen LogP contribution is -2.29. The molecule has 0 aliphatic heterocycles. The maximum absolute atomic E-state index is 5.96. The number of benzene rings is 1. The Kier molecular flexibility index (Phi) is 6.32. The molecule has 0 bridgehead atoms. The summed E-state index contributed by atoms with van der Waals surface area (Å²) in [5.41, 5.74) is 1.72. The summed E-state index contributed by atoms with van der Waals surface area (Å²) in [6, 6.07) is 5.19. The Bertz CT molecular complexity index is 652. The molecule has 2 N–H and O–H groups in total. The van der Waals surface area contributed by atoms with Crippen LogP contribution in [0, 0.1) is 6.92 Å². The van der Waals surface area contributed by atoms with Gasteiger partial charge in [0, 0.05) is 28.8 Å². The summed E-state index contributed by atoms with van der Waals surface area (Å²) in [4.78, 5) is 0. The van der Waals surface area contributed by atoms with Gasteiger partial charge in [0.25, 0.3) is 0 Å². The molecule has 0 saturated carbocycles. The first-order chi connectivity index (χ1) is 10.5. The van der Waals surface area contributed by atoms with E-state index in [0.717, 1.165) is 30.9 Å². The van der Waals surface area contributed by atoms with E-state index < -0.39 is 0 Å². The second kappa shape index (κ2) is 8.02. The molecule has 0 aliphatic carbocycles. The molecular formula is C14H15Cl3N4S. The Labute approximate surface area is 149 Å². The molecule has 2 aromatic rings. The predicted octanol–water partition coefficient (Wildman–Crippen LogP) is 4.53. The lowest BCUT2D eigenvalue weighted by atomic mass is 10.3. The van der Waals surface area contributed by atoms with E-state index in [0.29, 0.717) is 20.2 Å². The van der Waals surface area contributed by atoms with Crippen molar-refractivity contribution in [1.29, 1.82) is 0 Å². The van der Waals surface area contributed by atoms with Crippen molar-refractivity contribution in [3.63, 3.8) is 0 Å². The molecule has 8 heteroatoms. The minimum atomic E-state index is 0.522. The van der Waals surface area contributed by atoms with Gasteiger partial charge in [0.05, 0.1) is 16.9 Å². The second-order valence-electron chi connectivity index (χ2n) is 4.69. The molecule has 22 heavy (non-hydrogen) atoms. The van der Waals surface area contributed by atoms with Crippen molar-refractivity contribution in [2.75, 3.05) is 11.9 Å². The standard InChI is InChI=1S/C14H15Cl3N4S/c1-9-13(17)8-19-21(9)4-2-3-18-14(22)20-12-6-10(15)5-11(16)7-12/h5-8H,2-4H2,1H3,(H2,18,20,22). The monoisotopic (exact) mass is 376 g/mol. The maximum Gasteiger partial charge on any atom is 0.170 e. The van der Waals surface area contributed by atoms with Gasteiger partial charge in [-0.1, -0.05) is 34.8 Å². The van der Waals surface area contributed by atoms with Gasteiger partial charge in [-0.25, -0.2) is 0 Å². The lowest BCUT2D eigenvalue weighted by molar-refractivity contribution is 0.561. The van der Waals surface area contributed by atoms with Crippen LogP contribution in [0.5, 0.6) is 0 Å². The summed E-state index contributed by atoms with van der Waals surface area (Å²) < 4.78 is 1.87. The van der Waals surface area contributed by atoms with Crippen molar-refractivity contribution in [2.45, 2.75) is 19.9 Å². The molecule has 0 amide bonds. The zero-order valence-corrected chi connectivity index (χ0v) is 15.0. The van der Waals surface area contributed by atoms with Gasteiger partial charge in [-0.3, -0.25) is 4.68 Å². The minimum Gasteiger partial charge on any atom is -0.362 e. The molecule has 1 heterocycles. The number of halogens is 3. The number of thiocarbonyl (C=S) groups is 1. The molecule has 0 aliphatic rings. The van der Waals surface area contributed by atoms with Gasteiger partial charge < -0.3 is 10.6 Å². The number of hydrogen-bond acceptors (Lipinski definition) is 2. The summed E-state index contributed by atoms with van der Waals surface area (Å²) in [5.74, 6) is 0. The molecule has 0 radical (unpaired) electrons. The third-order valence-electron chi connectivity index (χ3n) is 3.00. The average molecular weight is 378 g/mol. The number of nitrogens with zero attached hydrogens (tertiary/aromatic N) is 2. The van der Waals surface area contributed by atoms with Crippen LogP contribution in [0.15, 0.2) is 24.4 Å². The molecule has 0 fully saturated rings. The molecule has 4 nitrogen and oxygen atoms in total. The molecule has 1 aromatic heterocycles. The van der Waals surface area contributed by atoms with E-state index in [4.69, 9.17) is 47.0 Å². The summed E-state index contributed by atoms with van der Waals surface area (Å²) in [6.07, 6.45) is 2.52. The molecule has 0 spiro atoms. The fraction of sp³-hybridized carbons (Fsp3) is 0.286. The molecule has 118 valence electrons. The van der Waals surface area contributed by atoms with Crippen molar-refractivity contribution in [3.05, 3.63) is 45.2 Å². The number of rotatable bonds is 5. The molecular weight excluding hydrogens is 363 g/mol. The van der Waals surface area contributed by atoms with E-state index >= 15 is 0 Å². The smallest absolute Gasteiger partial charge is 0.170 e. The van der Waals surface area contributed by atoms with E-state index in [-0.39, 0.29) is 0 Å². The lowest BCUT2D eigenvalue weighted by Gasteiger charge is -2.11. The van der Waals surface area contributed by atoms with E-state index in [2.05, 4.69) is 15.7 Å². The molecule has 1 aromatic carbocycles. The quantitative estimate of drug-likeness (QED) is 0.593. The first kappa shape index (κ1) is 17.3. The Morgan fingerprint density at radius 2 is 1.91 bits per heavy atom.